The zero-order valence-corrected chi connectivity index (χ0v) is 17.2. The number of rotatable bonds is 4. The summed E-state index contributed by atoms with van der Waals surface area (Å²) in [4.78, 5) is 12.9. The van der Waals surface area contributed by atoms with Crippen LogP contribution >= 0.6 is 0 Å². The van der Waals surface area contributed by atoms with Gasteiger partial charge in [-0.3, -0.25) is 4.79 Å². The maximum atomic E-state index is 12.9. The van der Waals surface area contributed by atoms with Crippen molar-refractivity contribution >= 4 is 21.6 Å². The summed E-state index contributed by atoms with van der Waals surface area (Å²) < 4.78 is 31.1. The molecule has 0 bridgehead atoms. The molecule has 2 aromatic carbocycles. The van der Waals surface area contributed by atoms with Crippen molar-refractivity contribution in [2.75, 3.05) is 12.4 Å². The van der Waals surface area contributed by atoms with Crippen LogP contribution in [0.1, 0.15) is 32.7 Å². The molecular formula is C21H21N3O4S. The molecule has 4 rings (SSSR count). The van der Waals surface area contributed by atoms with E-state index in [-0.39, 0.29) is 17.4 Å². The fraction of sp³-hybridized carbons (Fsp3) is 0.238. The molecule has 150 valence electrons. The number of aromatic nitrogens is 2. The molecule has 29 heavy (non-hydrogen) atoms. The van der Waals surface area contributed by atoms with Gasteiger partial charge in [-0.15, -0.1) is 0 Å². The molecule has 1 aliphatic rings. The Morgan fingerprint density at radius 1 is 1.14 bits per heavy atom. The van der Waals surface area contributed by atoms with Gasteiger partial charge in [0.15, 0.2) is 9.84 Å². The Balaban J connectivity index is 1.81. The van der Waals surface area contributed by atoms with Crippen LogP contribution in [0.4, 0.5) is 5.82 Å². The van der Waals surface area contributed by atoms with Gasteiger partial charge in [0, 0.05) is 11.1 Å². The highest BCUT2D eigenvalue weighted by molar-refractivity contribution is 7.90. The van der Waals surface area contributed by atoms with Crippen LogP contribution in [0.15, 0.2) is 42.5 Å². The maximum Gasteiger partial charge on any atom is 0.256 e. The number of carbonyl (C=O) groups is 1. The number of hydrogen-bond acceptors (Lipinski definition) is 5. The average molecular weight is 411 g/mol. The van der Waals surface area contributed by atoms with E-state index in [0.717, 1.165) is 16.8 Å². The van der Waals surface area contributed by atoms with Crippen LogP contribution in [0.25, 0.3) is 5.69 Å². The highest BCUT2D eigenvalue weighted by atomic mass is 32.2. The molecule has 0 unspecified atom stereocenters. The first-order chi connectivity index (χ1) is 13.8. The number of carbonyl (C=O) groups excluding carboxylic acids is 1. The third kappa shape index (κ3) is 3.51. The molecule has 0 saturated heterocycles. The number of nitrogens with one attached hydrogen (secondary N) is 1. The van der Waals surface area contributed by atoms with Crippen LogP contribution in [0.5, 0.6) is 5.75 Å². The van der Waals surface area contributed by atoms with Gasteiger partial charge in [-0.25, -0.2) is 13.1 Å². The smallest absolute Gasteiger partial charge is 0.256 e. The van der Waals surface area contributed by atoms with Gasteiger partial charge in [0.25, 0.3) is 5.91 Å². The van der Waals surface area contributed by atoms with E-state index in [1.807, 2.05) is 32.0 Å². The standard InChI is InChI=1S/C21H21N3O4S/c1-13-6-4-9-19(14(13)2)24-20(17-11-29(26,27)12-18(17)23-24)22-21(25)15-7-5-8-16(10-15)28-3/h4-10H,11-12H2,1-3H3,(H,22,25). The molecule has 1 aliphatic heterocycles. The molecule has 0 radical (unpaired) electrons. The predicted octanol–water partition coefficient (Wildman–Crippen LogP) is 3.18. The lowest BCUT2D eigenvalue weighted by Gasteiger charge is -2.14. The van der Waals surface area contributed by atoms with Crippen molar-refractivity contribution in [2.24, 2.45) is 0 Å². The van der Waals surface area contributed by atoms with Crippen LogP contribution in [-0.4, -0.2) is 31.2 Å². The number of hydrogen-bond donors (Lipinski definition) is 1. The summed E-state index contributed by atoms with van der Waals surface area (Å²) in [7, 11) is -1.73. The van der Waals surface area contributed by atoms with E-state index in [1.165, 1.54) is 7.11 Å². The van der Waals surface area contributed by atoms with Crippen LogP contribution in [0.3, 0.4) is 0 Å². The molecule has 0 saturated carbocycles. The first kappa shape index (κ1) is 19.2. The van der Waals surface area contributed by atoms with Crippen molar-refractivity contribution in [1.29, 1.82) is 0 Å². The first-order valence-corrected chi connectivity index (χ1v) is 10.9. The fourth-order valence-corrected chi connectivity index (χ4v) is 4.95. The molecule has 1 aromatic heterocycles. The Bertz CT molecular complexity index is 1230. The molecule has 0 spiro atoms. The summed E-state index contributed by atoms with van der Waals surface area (Å²) in [6, 6.07) is 12.6. The highest BCUT2D eigenvalue weighted by Crippen LogP contribution is 2.34. The van der Waals surface area contributed by atoms with Gasteiger partial charge in [0.05, 0.1) is 30.0 Å². The van der Waals surface area contributed by atoms with Gasteiger partial charge in [-0.1, -0.05) is 18.2 Å². The summed E-state index contributed by atoms with van der Waals surface area (Å²) in [6.07, 6.45) is 0. The lowest BCUT2D eigenvalue weighted by Crippen LogP contribution is -2.17. The van der Waals surface area contributed by atoms with Gasteiger partial charge in [-0.05, 0) is 49.2 Å². The number of benzene rings is 2. The second kappa shape index (κ2) is 7.04. The normalized spacial score (nSPS) is 14.4. The molecule has 1 N–H and O–H groups in total. The summed E-state index contributed by atoms with van der Waals surface area (Å²) in [6.45, 7) is 3.97. The number of methoxy groups -OCH3 is 1. The Labute approximate surface area is 169 Å². The highest BCUT2D eigenvalue weighted by Gasteiger charge is 2.33. The minimum atomic E-state index is -3.26. The molecule has 0 fully saturated rings. The molecule has 0 atom stereocenters. The van der Waals surface area contributed by atoms with Crippen molar-refractivity contribution in [1.82, 2.24) is 9.78 Å². The van der Waals surface area contributed by atoms with Gasteiger partial charge in [0.1, 0.15) is 11.6 Å². The van der Waals surface area contributed by atoms with Crippen molar-refractivity contribution in [3.63, 3.8) is 0 Å². The largest absolute Gasteiger partial charge is 0.497 e. The van der Waals surface area contributed by atoms with Crippen molar-refractivity contribution in [2.45, 2.75) is 25.4 Å². The molecule has 1 amide bonds. The second-order valence-corrected chi connectivity index (χ2v) is 9.19. The number of ether oxygens (including phenoxy) is 1. The third-order valence-corrected chi connectivity index (χ3v) is 6.60. The van der Waals surface area contributed by atoms with E-state index in [1.54, 1.807) is 28.9 Å². The maximum absolute atomic E-state index is 12.9. The topological polar surface area (TPSA) is 90.3 Å². The van der Waals surface area contributed by atoms with Gasteiger partial charge >= 0.3 is 0 Å². The number of aryl methyl sites for hydroxylation is 1. The first-order valence-electron chi connectivity index (χ1n) is 9.12. The molecule has 2 heterocycles. The zero-order chi connectivity index (χ0) is 20.8. The van der Waals surface area contributed by atoms with E-state index in [9.17, 15) is 13.2 Å². The van der Waals surface area contributed by atoms with Gasteiger partial charge in [-0.2, -0.15) is 5.10 Å². The predicted molar refractivity (Wildman–Crippen MR) is 110 cm³/mol. The minimum absolute atomic E-state index is 0.123. The molecule has 3 aromatic rings. The van der Waals surface area contributed by atoms with E-state index < -0.39 is 9.84 Å². The Morgan fingerprint density at radius 2 is 1.90 bits per heavy atom. The molecule has 0 aliphatic carbocycles. The van der Waals surface area contributed by atoms with E-state index in [4.69, 9.17) is 4.74 Å². The monoisotopic (exact) mass is 411 g/mol. The van der Waals surface area contributed by atoms with Crippen LogP contribution in [0, 0.1) is 13.8 Å². The molecule has 7 nitrogen and oxygen atoms in total. The lowest BCUT2D eigenvalue weighted by atomic mass is 10.1. The summed E-state index contributed by atoms with van der Waals surface area (Å²) in [5.74, 6) is 0.335. The van der Waals surface area contributed by atoms with E-state index >= 15 is 0 Å². The average Bonchev–Trinajstić information content (AvgIpc) is 3.16. The number of fused-ring (bicyclic) bond motifs is 1. The summed E-state index contributed by atoms with van der Waals surface area (Å²) in [5.41, 5.74) is 4.32. The molecule has 8 heteroatoms. The Hall–Kier alpha value is -3.13. The summed E-state index contributed by atoms with van der Waals surface area (Å²) >= 11 is 0. The number of amides is 1. The molecular weight excluding hydrogens is 390 g/mol. The van der Waals surface area contributed by atoms with E-state index in [0.29, 0.717) is 28.4 Å². The van der Waals surface area contributed by atoms with Crippen molar-refractivity contribution in [3.05, 3.63) is 70.4 Å². The summed E-state index contributed by atoms with van der Waals surface area (Å²) in [5, 5.41) is 7.42. The Morgan fingerprint density at radius 3 is 2.66 bits per heavy atom. The number of nitrogens with zero attached hydrogens (tertiary/aromatic N) is 2. The van der Waals surface area contributed by atoms with Gasteiger partial charge in [0.2, 0.25) is 0 Å². The van der Waals surface area contributed by atoms with Crippen LogP contribution < -0.4 is 10.1 Å². The lowest BCUT2D eigenvalue weighted by molar-refractivity contribution is 0.102. The van der Waals surface area contributed by atoms with Crippen LogP contribution in [0.2, 0.25) is 0 Å². The number of sulfone groups is 1. The zero-order valence-electron chi connectivity index (χ0n) is 16.4. The van der Waals surface area contributed by atoms with Gasteiger partial charge < -0.3 is 10.1 Å². The second-order valence-electron chi connectivity index (χ2n) is 7.12. The van der Waals surface area contributed by atoms with E-state index in [2.05, 4.69) is 10.4 Å². The SMILES string of the molecule is COc1cccc(C(=O)Nc2c3c(nn2-c2cccc(C)c2C)CS(=O)(=O)C3)c1. The minimum Gasteiger partial charge on any atom is -0.497 e. The van der Waals surface area contributed by atoms with Crippen LogP contribution in [-0.2, 0) is 21.3 Å². The van der Waals surface area contributed by atoms with Crippen molar-refractivity contribution < 1.29 is 17.9 Å². The number of anilines is 1. The Kier molecular flexibility index (Phi) is 4.66. The quantitative estimate of drug-likeness (QED) is 0.712. The fourth-order valence-electron chi connectivity index (χ4n) is 3.45. The third-order valence-electron chi connectivity index (χ3n) is 5.16. The van der Waals surface area contributed by atoms with Crippen molar-refractivity contribution in [3.8, 4) is 11.4 Å².